The van der Waals surface area contributed by atoms with Crippen molar-refractivity contribution in [1.82, 2.24) is 10.3 Å². The van der Waals surface area contributed by atoms with Crippen LogP contribution in [0.5, 0.6) is 0 Å². The van der Waals surface area contributed by atoms with Crippen LogP contribution >= 0.6 is 24.4 Å². The van der Waals surface area contributed by atoms with E-state index < -0.39 is 11.3 Å². The Kier molecular flexibility index (Phi) is 6.49. The van der Waals surface area contributed by atoms with Crippen LogP contribution < -0.4 is 5.32 Å². The van der Waals surface area contributed by atoms with Crippen molar-refractivity contribution in [2.45, 2.75) is 36.5 Å². The van der Waals surface area contributed by atoms with Crippen molar-refractivity contribution in [2.75, 3.05) is 25.6 Å². The van der Waals surface area contributed by atoms with Gasteiger partial charge in [-0.2, -0.15) is 12.6 Å². The third-order valence-electron chi connectivity index (χ3n) is 5.63. The third-order valence-corrected chi connectivity index (χ3v) is 6.60. The van der Waals surface area contributed by atoms with Gasteiger partial charge in [0.1, 0.15) is 0 Å². The van der Waals surface area contributed by atoms with E-state index in [4.69, 9.17) is 0 Å². The fourth-order valence-corrected chi connectivity index (χ4v) is 4.77. The highest BCUT2D eigenvalue weighted by Crippen LogP contribution is 2.51. The van der Waals surface area contributed by atoms with Crippen molar-refractivity contribution < 1.29 is 8.78 Å². The summed E-state index contributed by atoms with van der Waals surface area (Å²) in [5.74, 6) is -2.29. The Balaban J connectivity index is 1.94. The Morgan fingerprint density at radius 1 is 1.15 bits per heavy atom. The van der Waals surface area contributed by atoms with Crippen molar-refractivity contribution in [2.24, 2.45) is 5.41 Å². The lowest BCUT2D eigenvalue weighted by molar-refractivity contribution is -0.134. The van der Waals surface area contributed by atoms with Gasteiger partial charge in [-0.15, -0.1) is 11.8 Å². The van der Waals surface area contributed by atoms with Crippen LogP contribution in [-0.4, -0.2) is 36.5 Å². The molecule has 6 heteroatoms. The van der Waals surface area contributed by atoms with Gasteiger partial charge in [0.2, 0.25) is 0 Å². The van der Waals surface area contributed by atoms with E-state index in [1.165, 1.54) is 4.90 Å². The Hall–Kier alpha value is -1.11. The van der Waals surface area contributed by atoms with Crippen LogP contribution in [0.2, 0.25) is 0 Å². The maximum atomic E-state index is 15.3. The van der Waals surface area contributed by atoms with Gasteiger partial charge >= 0.3 is 0 Å². The first-order chi connectivity index (χ1) is 12.9. The van der Waals surface area contributed by atoms with Gasteiger partial charge in [0.05, 0.1) is 5.69 Å². The molecule has 1 heterocycles. The molecule has 1 aromatic heterocycles. The number of pyridine rings is 1. The zero-order chi connectivity index (χ0) is 19.5. The van der Waals surface area contributed by atoms with Crippen LogP contribution in [0.15, 0.2) is 41.4 Å². The minimum atomic E-state index is -2.75. The normalized spacial score (nSPS) is 21.1. The average molecular weight is 409 g/mol. The van der Waals surface area contributed by atoms with Gasteiger partial charge in [-0.3, -0.25) is 4.98 Å². The standard InChI is InChI=1S/C21H26F2N2S2/c1-24-9-7-20(8-10-26)12-17-14-25-19(11-16(17)13-21(20,22)23)15-3-5-18(27-2)6-4-15/h3-6,11,14,24,26H,7-10,12-13H2,1-2H3. The number of hydrogen-bond donors (Lipinski definition) is 2. The van der Waals surface area contributed by atoms with Crippen LogP contribution in [0.4, 0.5) is 8.78 Å². The van der Waals surface area contributed by atoms with E-state index in [1.54, 1.807) is 25.0 Å². The van der Waals surface area contributed by atoms with E-state index >= 15 is 8.78 Å². The number of hydrogen-bond acceptors (Lipinski definition) is 4. The second kappa shape index (κ2) is 8.50. The fraction of sp³-hybridized carbons (Fsp3) is 0.476. The van der Waals surface area contributed by atoms with Crippen LogP contribution in [0.25, 0.3) is 11.3 Å². The smallest absolute Gasteiger partial charge is 0.258 e. The number of aromatic nitrogens is 1. The highest BCUT2D eigenvalue weighted by Gasteiger charge is 2.55. The molecule has 0 saturated heterocycles. The molecule has 3 rings (SSSR count). The van der Waals surface area contributed by atoms with E-state index in [-0.39, 0.29) is 6.42 Å². The minimum Gasteiger partial charge on any atom is -0.320 e. The number of fused-ring (bicyclic) bond motifs is 1. The Morgan fingerprint density at radius 3 is 2.52 bits per heavy atom. The number of nitrogens with one attached hydrogen (secondary N) is 1. The molecule has 1 N–H and O–H groups in total. The molecule has 1 unspecified atom stereocenters. The summed E-state index contributed by atoms with van der Waals surface area (Å²) in [5, 5.41) is 3.02. The summed E-state index contributed by atoms with van der Waals surface area (Å²) >= 11 is 5.94. The SMILES string of the molecule is CNCCC1(CCS)Cc2cnc(-c3ccc(SC)cc3)cc2CC1(F)F. The molecule has 1 aromatic carbocycles. The Bertz CT molecular complexity index is 780. The van der Waals surface area contributed by atoms with Crippen molar-refractivity contribution in [3.8, 4) is 11.3 Å². The zero-order valence-corrected chi connectivity index (χ0v) is 17.5. The van der Waals surface area contributed by atoms with E-state index in [0.717, 1.165) is 22.4 Å². The predicted octanol–water partition coefficient (Wildman–Crippen LogP) is 5.12. The lowest BCUT2D eigenvalue weighted by Crippen LogP contribution is -2.49. The second-order valence-corrected chi connectivity index (χ2v) is 8.56. The van der Waals surface area contributed by atoms with Gasteiger partial charge in [-0.1, -0.05) is 12.1 Å². The molecule has 0 aliphatic heterocycles. The second-order valence-electron chi connectivity index (χ2n) is 7.23. The summed E-state index contributed by atoms with van der Waals surface area (Å²) in [6, 6.07) is 9.91. The number of halogens is 2. The number of rotatable bonds is 7. The lowest BCUT2D eigenvalue weighted by Gasteiger charge is -2.44. The van der Waals surface area contributed by atoms with Crippen molar-refractivity contribution >= 4 is 24.4 Å². The molecule has 1 atom stereocenters. The molecular weight excluding hydrogens is 382 g/mol. The quantitative estimate of drug-likeness (QED) is 0.491. The first-order valence-corrected chi connectivity index (χ1v) is 11.1. The highest BCUT2D eigenvalue weighted by atomic mass is 32.2. The van der Waals surface area contributed by atoms with Crippen molar-refractivity contribution in [3.05, 3.63) is 47.7 Å². The maximum absolute atomic E-state index is 15.3. The van der Waals surface area contributed by atoms with Gasteiger partial charge in [0, 0.05) is 28.5 Å². The molecule has 1 aliphatic carbocycles. The summed E-state index contributed by atoms with van der Waals surface area (Å²) in [4.78, 5) is 5.76. The molecule has 2 nitrogen and oxygen atoms in total. The topological polar surface area (TPSA) is 24.9 Å². The molecule has 0 saturated carbocycles. The number of benzene rings is 1. The monoisotopic (exact) mass is 408 g/mol. The molecule has 27 heavy (non-hydrogen) atoms. The van der Waals surface area contributed by atoms with Gasteiger partial charge < -0.3 is 5.32 Å². The van der Waals surface area contributed by atoms with Crippen LogP contribution in [0.1, 0.15) is 24.0 Å². The molecule has 0 radical (unpaired) electrons. The number of thiol groups is 1. The first kappa shape index (κ1) is 20.6. The van der Waals surface area contributed by atoms with Gasteiger partial charge in [-0.05, 0) is 74.2 Å². The summed E-state index contributed by atoms with van der Waals surface area (Å²) in [7, 11) is 1.81. The highest BCUT2D eigenvalue weighted by molar-refractivity contribution is 7.98. The lowest BCUT2D eigenvalue weighted by atomic mass is 9.65. The molecule has 1 aliphatic rings. The number of thioether (sulfide) groups is 1. The maximum Gasteiger partial charge on any atom is 0.258 e. The first-order valence-electron chi connectivity index (χ1n) is 9.20. The molecular formula is C21H26F2N2S2. The summed E-state index contributed by atoms with van der Waals surface area (Å²) in [6.45, 7) is 0.575. The minimum absolute atomic E-state index is 0.224. The van der Waals surface area contributed by atoms with Crippen LogP contribution in [0.3, 0.4) is 0 Å². The van der Waals surface area contributed by atoms with Crippen LogP contribution in [0, 0.1) is 5.41 Å². The van der Waals surface area contributed by atoms with E-state index in [2.05, 4.69) is 22.9 Å². The van der Waals surface area contributed by atoms with Gasteiger partial charge in [-0.25, -0.2) is 8.78 Å². The fourth-order valence-electron chi connectivity index (χ4n) is 3.94. The number of alkyl halides is 2. The zero-order valence-electron chi connectivity index (χ0n) is 15.8. The largest absolute Gasteiger partial charge is 0.320 e. The summed E-state index contributed by atoms with van der Waals surface area (Å²) < 4.78 is 30.5. The molecule has 0 spiro atoms. The number of nitrogens with zero attached hydrogens (tertiary/aromatic N) is 1. The molecule has 0 fully saturated rings. The average Bonchev–Trinajstić information content (AvgIpc) is 2.66. The Labute approximate surface area is 170 Å². The van der Waals surface area contributed by atoms with Crippen molar-refractivity contribution in [3.63, 3.8) is 0 Å². The van der Waals surface area contributed by atoms with Crippen LogP contribution in [-0.2, 0) is 12.8 Å². The third kappa shape index (κ3) is 4.17. The van der Waals surface area contributed by atoms with Gasteiger partial charge in [0.15, 0.2) is 0 Å². The summed E-state index contributed by atoms with van der Waals surface area (Å²) in [5.41, 5.74) is 2.34. The van der Waals surface area contributed by atoms with E-state index in [9.17, 15) is 0 Å². The van der Waals surface area contributed by atoms with E-state index in [0.29, 0.717) is 31.6 Å². The summed E-state index contributed by atoms with van der Waals surface area (Å²) in [6.07, 6.45) is 4.81. The molecule has 146 valence electrons. The van der Waals surface area contributed by atoms with Gasteiger partial charge in [0.25, 0.3) is 5.92 Å². The van der Waals surface area contributed by atoms with E-state index in [1.807, 2.05) is 36.6 Å². The predicted molar refractivity (Wildman–Crippen MR) is 113 cm³/mol. The molecule has 2 aromatic rings. The molecule has 0 amide bonds. The van der Waals surface area contributed by atoms with Crippen molar-refractivity contribution in [1.29, 1.82) is 0 Å². The molecule has 0 bridgehead atoms. The Morgan fingerprint density at radius 2 is 1.89 bits per heavy atom.